The second-order valence-electron chi connectivity index (χ2n) is 10.0. The van der Waals surface area contributed by atoms with Crippen molar-refractivity contribution in [1.82, 2.24) is 0 Å². The van der Waals surface area contributed by atoms with Crippen molar-refractivity contribution in [1.29, 1.82) is 0 Å². The first-order chi connectivity index (χ1) is 11.3. The molecule has 0 fully saturated rings. The minimum atomic E-state index is -1.57. The van der Waals surface area contributed by atoms with Crippen LogP contribution in [0.15, 0.2) is 0 Å². The summed E-state index contributed by atoms with van der Waals surface area (Å²) in [6.07, 6.45) is -2.68. The van der Waals surface area contributed by atoms with E-state index in [1.165, 1.54) is 6.92 Å². The second kappa shape index (κ2) is 7.57. The number of carboxylic acid groups (broad SMARTS) is 1. The Morgan fingerprint density at radius 3 is 1.27 bits per heavy atom. The van der Waals surface area contributed by atoms with Crippen LogP contribution in [-0.2, 0) is 23.9 Å². The van der Waals surface area contributed by atoms with E-state index < -0.39 is 46.4 Å². The Kier molecular flexibility index (Phi) is 7.11. The molecule has 0 rings (SSSR count). The highest BCUT2D eigenvalue weighted by Crippen LogP contribution is 2.40. The van der Waals surface area contributed by atoms with Gasteiger partial charge in [0.15, 0.2) is 0 Å². The molecule has 0 amide bonds. The van der Waals surface area contributed by atoms with Gasteiger partial charge in [0.1, 0.15) is 6.10 Å². The topological polar surface area (TPSA) is 89.9 Å². The number of esters is 2. The van der Waals surface area contributed by atoms with E-state index in [0.29, 0.717) is 0 Å². The molecule has 0 aromatic rings. The Balaban J connectivity index is 5.39. The van der Waals surface area contributed by atoms with E-state index in [1.807, 2.05) is 41.5 Å². The fraction of sp³-hybridized carbons (Fsp3) is 0.850. The third kappa shape index (κ3) is 5.21. The number of hydrogen-bond acceptors (Lipinski definition) is 5. The number of hydrogen-bond donors (Lipinski definition) is 1. The highest BCUT2D eigenvalue weighted by atomic mass is 16.6. The van der Waals surface area contributed by atoms with Crippen LogP contribution in [0.3, 0.4) is 0 Å². The molecule has 26 heavy (non-hydrogen) atoms. The number of carboxylic acids is 1. The van der Waals surface area contributed by atoms with Crippen molar-refractivity contribution in [2.75, 3.05) is 0 Å². The SMILES string of the molecule is CC(OC(=O)C(C)(C)C(C)(C)C)C(OC(=O)C(C)(C)C(C)(C)C)C(=O)O. The Morgan fingerprint density at radius 1 is 0.692 bits per heavy atom. The highest BCUT2D eigenvalue weighted by molar-refractivity contribution is 5.83. The van der Waals surface area contributed by atoms with Gasteiger partial charge in [-0.05, 0) is 45.4 Å². The van der Waals surface area contributed by atoms with Crippen molar-refractivity contribution >= 4 is 17.9 Å². The molecule has 0 radical (unpaired) electrons. The van der Waals surface area contributed by atoms with Crippen LogP contribution in [0, 0.1) is 21.7 Å². The van der Waals surface area contributed by atoms with Gasteiger partial charge in [-0.2, -0.15) is 0 Å². The van der Waals surface area contributed by atoms with Gasteiger partial charge in [0.25, 0.3) is 0 Å². The number of carbonyl (C=O) groups excluding carboxylic acids is 2. The molecule has 0 saturated heterocycles. The van der Waals surface area contributed by atoms with E-state index in [1.54, 1.807) is 27.7 Å². The summed E-state index contributed by atoms with van der Waals surface area (Å²) in [4.78, 5) is 36.7. The molecule has 0 aromatic heterocycles. The van der Waals surface area contributed by atoms with Gasteiger partial charge in [0.2, 0.25) is 6.10 Å². The average molecular weight is 373 g/mol. The quantitative estimate of drug-likeness (QED) is 0.707. The van der Waals surface area contributed by atoms with Crippen LogP contribution in [0.5, 0.6) is 0 Å². The fourth-order valence-corrected chi connectivity index (χ4v) is 1.60. The lowest BCUT2D eigenvalue weighted by Crippen LogP contribution is -2.47. The Labute approximate surface area is 157 Å². The lowest BCUT2D eigenvalue weighted by Gasteiger charge is -2.38. The predicted molar refractivity (Wildman–Crippen MR) is 99.5 cm³/mol. The van der Waals surface area contributed by atoms with Gasteiger partial charge in [-0.25, -0.2) is 4.79 Å². The minimum absolute atomic E-state index is 0.382. The Bertz CT molecular complexity index is 546. The zero-order valence-electron chi connectivity index (χ0n) is 18.1. The maximum Gasteiger partial charge on any atom is 0.348 e. The summed E-state index contributed by atoms with van der Waals surface area (Å²) in [5, 5.41) is 9.47. The summed E-state index contributed by atoms with van der Waals surface area (Å²) in [6, 6.07) is 0. The molecule has 0 aliphatic carbocycles. The number of ether oxygens (including phenoxy) is 2. The summed E-state index contributed by atoms with van der Waals surface area (Å²) in [5.74, 6) is -2.53. The fourth-order valence-electron chi connectivity index (χ4n) is 1.60. The maximum atomic E-state index is 12.5. The smallest absolute Gasteiger partial charge is 0.348 e. The first-order valence-corrected chi connectivity index (χ1v) is 8.91. The van der Waals surface area contributed by atoms with Gasteiger partial charge >= 0.3 is 17.9 Å². The lowest BCUT2D eigenvalue weighted by atomic mass is 9.69. The summed E-state index contributed by atoms with van der Waals surface area (Å²) in [5.41, 5.74) is -2.55. The first kappa shape index (κ1) is 24.4. The standard InChI is InChI=1S/C20H36O6/c1-12(25-15(23)19(8,9)17(2,3)4)13(14(21)22)26-16(24)20(10,11)18(5,6)7/h12-13H,1-11H3,(H,21,22). The number of carbonyl (C=O) groups is 3. The van der Waals surface area contributed by atoms with Crippen molar-refractivity contribution in [3.8, 4) is 0 Å². The Morgan fingerprint density at radius 2 is 1.00 bits per heavy atom. The number of aliphatic carboxylic acids is 1. The summed E-state index contributed by atoms with van der Waals surface area (Å²) < 4.78 is 10.6. The van der Waals surface area contributed by atoms with Crippen LogP contribution < -0.4 is 0 Å². The molecule has 2 atom stereocenters. The number of rotatable bonds is 6. The van der Waals surface area contributed by atoms with Crippen molar-refractivity contribution < 1.29 is 29.0 Å². The molecule has 152 valence electrons. The summed E-state index contributed by atoms with van der Waals surface area (Å²) in [7, 11) is 0. The van der Waals surface area contributed by atoms with Crippen LogP contribution in [0.1, 0.15) is 76.2 Å². The van der Waals surface area contributed by atoms with Gasteiger partial charge in [0, 0.05) is 0 Å². The van der Waals surface area contributed by atoms with Crippen LogP contribution in [-0.4, -0.2) is 35.2 Å². The molecule has 0 aliphatic heterocycles. The van der Waals surface area contributed by atoms with E-state index in [0.717, 1.165) is 0 Å². The Hall–Kier alpha value is -1.59. The molecule has 1 N–H and O–H groups in total. The van der Waals surface area contributed by atoms with Gasteiger partial charge in [0.05, 0.1) is 10.8 Å². The van der Waals surface area contributed by atoms with Crippen molar-refractivity contribution in [3.63, 3.8) is 0 Å². The van der Waals surface area contributed by atoms with E-state index in [4.69, 9.17) is 9.47 Å². The molecule has 6 nitrogen and oxygen atoms in total. The summed E-state index contributed by atoms with van der Waals surface area (Å²) in [6.45, 7) is 19.6. The zero-order valence-corrected chi connectivity index (χ0v) is 18.1. The molecule has 0 heterocycles. The molecular formula is C20H36O6. The molecule has 0 spiro atoms. The third-order valence-corrected chi connectivity index (χ3v) is 5.97. The van der Waals surface area contributed by atoms with Gasteiger partial charge in [-0.3, -0.25) is 9.59 Å². The normalized spacial score (nSPS) is 15.8. The van der Waals surface area contributed by atoms with E-state index >= 15 is 0 Å². The van der Waals surface area contributed by atoms with Gasteiger partial charge in [-0.15, -0.1) is 0 Å². The maximum absolute atomic E-state index is 12.5. The molecule has 0 aliphatic rings. The first-order valence-electron chi connectivity index (χ1n) is 8.91. The minimum Gasteiger partial charge on any atom is -0.478 e. The zero-order chi connectivity index (χ0) is 21.3. The van der Waals surface area contributed by atoms with Crippen molar-refractivity contribution in [3.05, 3.63) is 0 Å². The van der Waals surface area contributed by atoms with E-state index in [-0.39, 0.29) is 5.41 Å². The third-order valence-electron chi connectivity index (χ3n) is 5.97. The summed E-state index contributed by atoms with van der Waals surface area (Å²) >= 11 is 0. The van der Waals surface area contributed by atoms with Crippen molar-refractivity contribution in [2.45, 2.75) is 88.4 Å². The lowest BCUT2D eigenvalue weighted by molar-refractivity contribution is -0.191. The average Bonchev–Trinajstić information content (AvgIpc) is 2.40. The van der Waals surface area contributed by atoms with Crippen LogP contribution >= 0.6 is 0 Å². The molecular weight excluding hydrogens is 336 g/mol. The van der Waals surface area contributed by atoms with Crippen molar-refractivity contribution in [2.24, 2.45) is 21.7 Å². The second-order valence-corrected chi connectivity index (χ2v) is 10.0. The van der Waals surface area contributed by atoms with E-state index in [2.05, 4.69) is 0 Å². The van der Waals surface area contributed by atoms with E-state index in [9.17, 15) is 19.5 Å². The highest BCUT2D eigenvalue weighted by Gasteiger charge is 2.46. The molecule has 0 aromatic carbocycles. The predicted octanol–water partition coefficient (Wildman–Crippen LogP) is 4.06. The van der Waals surface area contributed by atoms with Crippen LogP contribution in [0.2, 0.25) is 0 Å². The van der Waals surface area contributed by atoms with Crippen LogP contribution in [0.4, 0.5) is 0 Å². The largest absolute Gasteiger partial charge is 0.478 e. The van der Waals surface area contributed by atoms with Gasteiger partial charge < -0.3 is 14.6 Å². The van der Waals surface area contributed by atoms with Crippen LogP contribution in [0.25, 0.3) is 0 Å². The molecule has 0 saturated carbocycles. The van der Waals surface area contributed by atoms with Gasteiger partial charge in [-0.1, -0.05) is 41.5 Å². The molecule has 2 unspecified atom stereocenters. The molecule has 0 bridgehead atoms. The molecule has 6 heteroatoms. The monoisotopic (exact) mass is 372 g/mol.